The van der Waals surface area contributed by atoms with Crippen molar-refractivity contribution >= 4 is 22.4 Å². The number of benzene rings is 1. The Bertz CT molecular complexity index is 537. The Hall–Kier alpha value is -1.36. The number of anilines is 1. The molecule has 1 heterocycles. The molecule has 1 aliphatic rings. The minimum atomic E-state index is -1.36. The van der Waals surface area contributed by atoms with Gasteiger partial charge in [0.05, 0.1) is 10.8 Å². The Morgan fingerprint density at radius 3 is 2.48 bits per heavy atom. The number of nitrogen functional groups attached to an aromatic ring is 1. The van der Waals surface area contributed by atoms with E-state index in [4.69, 9.17) is 5.73 Å². The lowest BCUT2D eigenvalue weighted by Gasteiger charge is -2.24. The summed E-state index contributed by atoms with van der Waals surface area (Å²) in [5.74, 6) is -0.00272. The molecule has 21 heavy (non-hydrogen) atoms. The molecule has 0 bridgehead atoms. The van der Waals surface area contributed by atoms with E-state index >= 15 is 0 Å². The van der Waals surface area contributed by atoms with Crippen molar-refractivity contribution in [3.63, 3.8) is 0 Å². The quantitative estimate of drug-likeness (QED) is 0.873. The topological polar surface area (TPSA) is 63.4 Å². The Kier molecular flexibility index (Phi) is 5.39. The maximum Gasteiger partial charge on any atom is 0.238 e. The predicted molar refractivity (Wildman–Crippen MR) is 86.5 cm³/mol. The number of carbonyl (C=O) groups is 1. The number of nitrogens with two attached hydrogens (primary N) is 1. The highest BCUT2D eigenvalue weighted by Gasteiger charge is 2.27. The Morgan fingerprint density at radius 2 is 1.86 bits per heavy atom. The average molecular weight is 308 g/mol. The molecule has 4 nitrogen and oxygen atoms in total. The highest BCUT2D eigenvalue weighted by molar-refractivity contribution is 7.86. The highest BCUT2D eigenvalue weighted by atomic mass is 32.2. The van der Waals surface area contributed by atoms with Crippen molar-refractivity contribution in [2.45, 2.75) is 49.7 Å². The molecule has 0 saturated carbocycles. The fraction of sp³-hybridized carbons (Fsp3) is 0.562. The van der Waals surface area contributed by atoms with Gasteiger partial charge in [-0.25, -0.2) is 0 Å². The fourth-order valence-corrected chi connectivity index (χ4v) is 4.01. The van der Waals surface area contributed by atoms with Gasteiger partial charge in [0.1, 0.15) is 5.25 Å². The van der Waals surface area contributed by atoms with E-state index in [1.807, 2.05) is 17.9 Å². The lowest BCUT2D eigenvalue weighted by Crippen LogP contribution is -2.40. The molecule has 0 spiro atoms. The number of likely N-dealkylation sites (tertiary alicyclic amines) is 1. The van der Waals surface area contributed by atoms with Crippen molar-refractivity contribution in [3.8, 4) is 0 Å². The number of rotatable bonds is 3. The van der Waals surface area contributed by atoms with Gasteiger partial charge in [0.25, 0.3) is 0 Å². The first-order chi connectivity index (χ1) is 10.0. The van der Waals surface area contributed by atoms with Crippen LogP contribution in [0.1, 0.15) is 38.2 Å². The van der Waals surface area contributed by atoms with E-state index in [1.165, 1.54) is 12.8 Å². The van der Waals surface area contributed by atoms with Crippen molar-refractivity contribution in [2.24, 2.45) is 0 Å². The summed E-state index contributed by atoms with van der Waals surface area (Å²) in [6.07, 6.45) is 4.44. The second kappa shape index (κ2) is 7.07. The monoisotopic (exact) mass is 308 g/mol. The standard InChI is InChI=1S/C16H24N2O2S/c1-12-7-8-14(17)11-15(12)21(20)13(2)16(19)18-9-5-3-4-6-10-18/h7-8,11,13H,3-6,9-10,17H2,1-2H3. The lowest BCUT2D eigenvalue weighted by molar-refractivity contribution is -0.130. The molecule has 0 aliphatic carbocycles. The molecule has 1 aromatic carbocycles. The van der Waals surface area contributed by atoms with E-state index < -0.39 is 16.0 Å². The van der Waals surface area contributed by atoms with Gasteiger partial charge in [0.2, 0.25) is 5.91 Å². The summed E-state index contributed by atoms with van der Waals surface area (Å²) in [6, 6.07) is 5.36. The molecule has 2 atom stereocenters. The second-order valence-electron chi connectivity index (χ2n) is 5.70. The highest BCUT2D eigenvalue weighted by Crippen LogP contribution is 2.21. The summed E-state index contributed by atoms with van der Waals surface area (Å²) in [5.41, 5.74) is 7.27. The van der Waals surface area contributed by atoms with Crippen LogP contribution in [0.5, 0.6) is 0 Å². The summed E-state index contributed by atoms with van der Waals surface area (Å²) in [4.78, 5) is 15.1. The SMILES string of the molecule is Cc1ccc(N)cc1S(=O)C(C)C(=O)N1CCCCCC1. The Balaban J connectivity index is 2.14. The predicted octanol–water partition coefficient (Wildman–Crippen LogP) is 2.48. The van der Waals surface area contributed by atoms with Crippen molar-refractivity contribution in [2.75, 3.05) is 18.8 Å². The molecule has 0 aromatic heterocycles. The van der Waals surface area contributed by atoms with Crippen LogP contribution in [0.3, 0.4) is 0 Å². The van der Waals surface area contributed by atoms with Crippen LogP contribution in [0.2, 0.25) is 0 Å². The number of nitrogens with zero attached hydrogens (tertiary/aromatic N) is 1. The molecular weight excluding hydrogens is 284 g/mol. The summed E-state index contributed by atoms with van der Waals surface area (Å²) < 4.78 is 12.7. The van der Waals surface area contributed by atoms with Gasteiger partial charge in [0, 0.05) is 23.7 Å². The number of aryl methyl sites for hydroxylation is 1. The van der Waals surface area contributed by atoms with Crippen LogP contribution in [-0.2, 0) is 15.6 Å². The van der Waals surface area contributed by atoms with Gasteiger partial charge in [-0.15, -0.1) is 0 Å². The molecule has 1 fully saturated rings. The lowest BCUT2D eigenvalue weighted by atomic mass is 10.2. The molecule has 5 heteroatoms. The molecule has 1 amide bonds. The van der Waals surface area contributed by atoms with Gasteiger partial charge in [-0.2, -0.15) is 0 Å². The molecule has 2 N–H and O–H groups in total. The largest absolute Gasteiger partial charge is 0.399 e. The van der Waals surface area contributed by atoms with Crippen LogP contribution in [0.4, 0.5) is 5.69 Å². The van der Waals surface area contributed by atoms with Gasteiger partial charge in [-0.1, -0.05) is 18.9 Å². The molecule has 1 saturated heterocycles. The van der Waals surface area contributed by atoms with Crippen LogP contribution in [-0.4, -0.2) is 33.4 Å². The summed E-state index contributed by atoms with van der Waals surface area (Å²) in [6.45, 7) is 5.23. The number of hydrogen-bond acceptors (Lipinski definition) is 3. The third kappa shape index (κ3) is 3.84. The van der Waals surface area contributed by atoms with Gasteiger partial charge < -0.3 is 10.6 Å². The molecular formula is C16H24N2O2S. The Morgan fingerprint density at radius 1 is 1.24 bits per heavy atom. The third-order valence-electron chi connectivity index (χ3n) is 4.02. The van der Waals surface area contributed by atoms with Crippen molar-refractivity contribution < 1.29 is 9.00 Å². The molecule has 116 valence electrons. The van der Waals surface area contributed by atoms with E-state index in [0.717, 1.165) is 31.5 Å². The van der Waals surface area contributed by atoms with Crippen LogP contribution >= 0.6 is 0 Å². The maximum absolute atomic E-state index is 12.7. The van der Waals surface area contributed by atoms with E-state index in [1.54, 1.807) is 19.1 Å². The van der Waals surface area contributed by atoms with Crippen LogP contribution < -0.4 is 5.73 Å². The smallest absolute Gasteiger partial charge is 0.238 e. The minimum absolute atomic E-state index is 0.00272. The first kappa shape index (κ1) is 16.0. The molecule has 2 unspecified atom stereocenters. The van der Waals surface area contributed by atoms with Gasteiger partial charge in [-0.3, -0.25) is 9.00 Å². The second-order valence-corrected chi connectivity index (χ2v) is 7.45. The zero-order valence-electron chi connectivity index (χ0n) is 12.8. The molecule has 1 aromatic rings. The number of carbonyl (C=O) groups excluding carboxylic acids is 1. The zero-order valence-corrected chi connectivity index (χ0v) is 13.6. The summed E-state index contributed by atoms with van der Waals surface area (Å²) >= 11 is 0. The molecule has 2 rings (SSSR count). The van der Waals surface area contributed by atoms with Crippen molar-refractivity contribution in [1.82, 2.24) is 4.90 Å². The van der Waals surface area contributed by atoms with E-state index in [9.17, 15) is 9.00 Å². The van der Waals surface area contributed by atoms with Crippen LogP contribution in [0, 0.1) is 6.92 Å². The average Bonchev–Trinajstić information content (AvgIpc) is 2.76. The summed E-state index contributed by atoms with van der Waals surface area (Å²) in [7, 11) is -1.36. The van der Waals surface area contributed by atoms with Gasteiger partial charge in [-0.05, 0) is 44.4 Å². The van der Waals surface area contributed by atoms with E-state index in [0.29, 0.717) is 10.6 Å². The van der Waals surface area contributed by atoms with Crippen molar-refractivity contribution in [1.29, 1.82) is 0 Å². The summed E-state index contributed by atoms with van der Waals surface area (Å²) in [5, 5.41) is -0.524. The molecule has 1 aliphatic heterocycles. The normalized spacial score (nSPS) is 18.9. The Labute approximate surface area is 129 Å². The fourth-order valence-electron chi connectivity index (χ4n) is 2.66. The molecule has 0 radical (unpaired) electrons. The first-order valence-electron chi connectivity index (χ1n) is 7.56. The first-order valence-corrected chi connectivity index (χ1v) is 8.77. The third-order valence-corrected chi connectivity index (χ3v) is 5.73. The van der Waals surface area contributed by atoms with Crippen LogP contribution in [0.15, 0.2) is 23.1 Å². The maximum atomic E-state index is 12.7. The number of amides is 1. The van der Waals surface area contributed by atoms with Crippen molar-refractivity contribution in [3.05, 3.63) is 23.8 Å². The zero-order chi connectivity index (χ0) is 15.4. The van der Waals surface area contributed by atoms with E-state index in [2.05, 4.69) is 0 Å². The van der Waals surface area contributed by atoms with Gasteiger partial charge >= 0.3 is 0 Å². The van der Waals surface area contributed by atoms with E-state index in [-0.39, 0.29) is 5.91 Å². The number of hydrogen-bond donors (Lipinski definition) is 1. The van der Waals surface area contributed by atoms with Gasteiger partial charge in [0.15, 0.2) is 0 Å². The van der Waals surface area contributed by atoms with Crippen LogP contribution in [0.25, 0.3) is 0 Å². The minimum Gasteiger partial charge on any atom is -0.399 e.